The molecule has 0 nitrogen and oxygen atoms in total. The molecule has 0 fully saturated rings. The first-order chi connectivity index (χ1) is 5.91. The van der Waals surface area contributed by atoms with E-state index in [-0.39, 0.29) is 0 Å². The molecule has 0 bridgehead atoms. The van der Waals surface area contributed by atoms with Crippen LogP contribution >= 0.6 is 0 Å². The van der Waals surface area contributed by atoms with Gasteiger partial charge in [-0.3, -0.25) is 0 Å². The van der Waals surface area contributed by atoms with Gasteiger partial charge in [0.1, 0.15) is 0 Å². The third kappa shape index (κ3) is 8.96. The summed E-state index contributed by atoms with van der Waals surface area (Å²) in [5.74, 6) is 0. The van der Waals surface area contributed by atoms with Crippen molar-refractivity contribution in [1.82, 2.24) is 0 Å². The summed E-state index contributed by atoms with van der Waals surface area (Å²) in [4.78, 5) is 0. The normalized spacial score (nSPS) is 13.2. The van der Waals surface area contributed by atoms with Crippen LogP contribution < -0.4 is 0 Å². The van der Waals surface area contributed by atoms with Gasteiger partial charge < -0.3 is 0 Å². The van der Waals surface area contributed by atoms with Crippen molar-refractivity contribution in [2.45, 2.75) is 26.7 Å². The lowest BCUT2D eigenvalue weighted by Gasteiger charge is -1.79. The van der Waals surface area contributed by atoms with Gasteiger partial charge >= 0.3 is 0 Å². The second kappa shape index (κ2) is 9.96. The van der Waals surface area contributed by atoms with Crippen LogP contribution in [0.4, 0.5) is 0 Å². The molecule has 0 aromatic heterocycles. The molecule has 0 saturated carbocycles. The Hall–Kier alpha value is -1.04. The Bertz CT molecular complexity index is 180. The van der Waals surface area contributed by atoms with Gasteiger partial charge in [0.05, 0.1) is 0 Å². The molecule has 0 atom stereocenters. The quantitative estimate of drug-likeness (QED) is 0.535. The van der Waals surface area contributed by atoms with Crippen LogP contribution in [0.2, 0.25) is 0 Å². The highest BCUT2D eigenvalue weighted by Crippen LogP contribution is 1.89. The summed E-state index contributed by atoms with van der Waals surface area (Å²) in [6.07, 6.45) is 18.8. The number of hydrogen-bond donors (Lipinski definition) is 0. The maximum Gasteiger partial charge on any atom is -0.0350 e. The van der Waals surface area contributed by atoms with Gasteiger partial charge in [-0.2, -0.15) is 0 Å². The highest BCUT2D eigenvalue weighted by molar-refractivity contribution is 5.14. The molecular weight excluding hydrogens is 144 g/mol. The maximum atomic E-state index is 2.18. The molecule has 0 unspecified atom stereocenters. The SMILES string of the molecule is C/C=C/C=C/C=C/C=C/CCC. The van der Waals surface area contributed by atoms with Crippen LogP contribution in [0.25, 0.3) is 0 Å². The topological polar surface area (TPSA) is 0 Å². The molecule has 0 heterocycles. The van der Waals surface area contributed by atoms with Crippen molar-refractivity contribution < 1.29 is 0 Å². The van der Waals surface area contributed by atoms with E-state index < -0.39 is 0 Å². The van der Waals surface area contributed by atoms with Gasteiger partial charge in [0.2, 0.25) is 0 Å². The zero-order valence-corrected chi connectivity index (χ0v) is 8.03. The van der Waals surface area contributed by atoms with Crippen LogP contribution in [0.3, 0.4) is 0 Å². The molecule has 0 saturated heterocycles. The molecule has 0 amide bonds. The second-order valence-electron chi connectivity index (χ2n) is 2.51. The van der Waals surface area contributed by atoms with Crippen LogP contribution in [-0.2, 0) is 0 Å². The van der Waals surface area contributed by atoms with Gasteiger partial charge in [-0.1, -0.05) is 62.0 Å². The lowest BCUT2D eigenvalue weighted by Crippen LogP contribution is -1.58. The first-order valence-electron chi connectivity index (χ1n) is 4.53. The van der Waals surface area contributed by atoms with E-state index in [0.717, 1.165) is 0 Å². The highest BCUT2D eigenvalue weighted by Gasteiger charge is 1.68. The predicted octanol–water partition coefficient (Wildman–Crippen LogP) is 4.03. The van der Waals surface area contributed by atoms with E-state index in [9.17, 15) is 0 Å². The molecule has 0 aliphatic heterocycles. The van der Waals surface area contributed by atoms with Gasteiger partial charge in [-0.25, -0.2) is 0 Å². The standard InChI is InChI=1S/C12H18/c1-3-5-7-9-11-12-10-8-6-4-2/h3,5,7-12H,4,6H2,1-2H3/b5-3+,9-7+,10-8+,12-11+. The fourth-order valence-corrected chi connectivity index (χ4v) is 0.709. The van der Waals surface area contributed by atoms with Crippen molar-refractivity contribution in [3.8, 4) is 0 Å². The fourth-order valence-electron chi connectivity index (χ4n) is 0.709. The summed E-state index contributed by atoms with van der Waals surface area (Å²) >= 11 is 0. The van der Waals surface area contributed by atoms with E-state index in [1.54, 1.807) is 0 Å². The lowest BCUT2D eigenvalue weighted by molar-refractivity contribution is 0.959. The minimum atomic E-state index is 1.17. The van der Waals surface area contributed by atoms with Gasteiger partial charge in [0.25, 0.3) is 0 Å². The first kappa shape index (κ1) is 11.0. The van der Waals surface area contributed by atoms with Crippen molar-refractivity contribution in [2.75, 3.05) is 0 Å². The summed E-state index contributed by atoms with van der Waals surface area (Å²) in [6, 6.07) is 0. The van der Waals surface area contributed by atoms with Crippen LogP contribution in [0.15, 0.2) is 48.6 Å². The van der Waals surface area contributed by atoms with Gasteiger partial charge in [0.15, 0.2) is 0 Å². The summed E-state index contributed by atoms with van der Waals surface area (Å²) in [6.45, 7) is 4.19. The molecule has 0 rings (SSSR count). The van der Waals surface area contributed by atoms with E-state index in [0.29, 0.717) is 0 Å². The van der Waals surface area contributed by atoms with E-state index in [2.05, 4.69) is 25.2 Å². The molecule has 0 aromatic carbocycles. The van der Waals surface area contributed by atoms with Crippen molar-refractivity contribution >= 4 is 0 Å². The zero-order valence-electron chi connectivity index (χ0n) is 8.03. The summed E-state index contributed by atoms with van der Waals surface area (Å²) in [7, 11) is 0. The van der Waals surface area contributed by atoms with Crippen LogP contribution in [0.5, 0.6) is 0 Å². The number of hydrogen-bond acceptors (Lipinski definition) is 0. The molecule has 0 spiro atoms. The van der Waals surface area contributed by atoms with Crippen molar-refractivity contribution in [3.63, 3.8) is 0 Å². The number of rotatable bonds is 5. The van der Waals surface area contributed by atoms with Crippen LogP contribution in [-0.4, -0.2) is 0 Å². The molecule has 0 radical (unpaired) electrons. The van der Waals surface area contributed by atoms with Gasteiger partial charge in [0, 0.05) is 0 Å². The van der Waals surface area contributed by atoms with E-state index in [4.69, 9.17) is 0 Å². The Morgan fingerprint density at radius 1 is 0.833 bits per heavy atom. The molecule has 0 aliphatic carbocycles. The third-order valence-electron chi connectivity index (χ3n) is 1.34. The summed E-state index contributed by atoms with van der Waals surface area (Å²) in [5.41, 5.74) is 0. The Labute approximate surface area is 76.0 Å². The van der Waals surface area contributed by atoms with Gasteiger partial charge in [-0.15, -0.1) is 0 Å². The largest absolute Gasteiger partial charge is 0.0877 e. The second-order valence-corrected chi connectivity index (χ2v) is 2.51. The lowest BCUT2D eigenvalue weighted by atomic mass is 10.3. The van der Waals surface area contributed by atoms with Gasteiger partial charge in [-0.05, 0) is 13.3 Å². The van der Waals surface area contributed by atoms with Crippen molar-refractivity contribution in [3.05, 3.63) is 48.6 Å². The predicted molar refractivity (Wildman–Crippen MR) is 57.1 cm³/mol. The Morgan fingerprint density at radius 2 is 1.42 bits per heavy atom. The fraction of sp³-hybridized carbons (Fsp3) is 0.333. The first-order valence-corrected chi connectivity index (χ1v) is 4.53. The molecule has 66 valence electrons. The minimum Gasteiger partial charge on any atom is -0.0877 e. The Kier molecular flexibility index (Phi) is 9.10. The Balaban J connectivity index is 3.48. The minimum absolute atomic E-state index is 1.17. The van der Waals surface area contributed by atoms with Crippen molar-refractivity contribution in [1.29, 1.82) is 0 Å². The molecule has 0 N–H and O–H groups in total. The Morgan fingerprint density at radius 3 is 2.00 bits per heavy atom. The molecule has 0 aliphatic rings. The smallest absolute Gasteiger partial charge is 0.0350 e. The average molecular weight is 162 g/mol. The maximum absolute atomic E-state index is 2.18. The van der Waals surface area contributed by atoms with Crippen molar-refractivity contribution in [2.24, 2.45) is 0 Å². The third-order valence-corrected chi connectivity index (χ3v) is 1.34. The molecule has 0 aromatic rings. The molecule has 0 heteroatoms. The zero-order chi connectivity index (χ0) is 9.07. The number of unbranched alkanes of at least 4 members (excludes halogenated alkanes) is 1. The monoisotopic (exact) mass is 162 g/mol. The van der Waals surface area contributed by atoms with Crippen LogP contribution in [0, 0.1) is 0 Å². The van der Waals surface area contributed by atoms with E-state index in [1.807, 2.05) is 37.3 Å². The summed E-state index contributed by atoms with van der Waals surface area (Å²) < 4.78 is 0. The van der Waals surface area contributed by atoms with Crippen LogP contribution in [0.1, 0.15) is 26.7 Å². The molecular formula is C12H18. The highest BCUT2D eigenvalue weighted by atomic mass is 13.7. The van der Waals surface area contributed by atoms with E-state index in [1.165, 1.54) is 12.8 Å². The number of allylic oxidation sites excluding steroid dienone is 8. The summed E-state index contributed by atoms with van der Waals surface area (Å²) in [5, 5.41) is 0. The average Bonchev–Trinajstić information content (AvgIpc) is 2.10. The molecule has 12 heavy (non-hydrogen) atoms. The van der Waals surface area contributed by atoms with E-state index >= 15 is 0 Å².